The van der Waals surface area contributed by atoms with Gasteiger partial charge < -0.3 is 15.4 Å². The highest BCUT2D eigenvalue weighted by Gasteiger charge is 2.25. The van der Waals surface area contributed by atoms with Crippen LogP contribution in [0.25, 0.3) is 0 Å². The van der Waals surface area contributed by atoms with Crippen LogP contribution in [0.2, 0.25) is 5.02 Å². The number of nitrogens with zero attached hydrogens (tertiary/aromatic N) is 1. The molecular formula is C14H19ClN2O2. The van der Waals surface area contributed by atoms with Gasteiger partial charge >= 0.3 is 0 Å². The molecule has 19 heavy (non-hydrogen) atoms. The van der Waals surface area contributed by atoms with Crippen LogP contribution < -0.4 is 10.5 Å². The molecule has 1 aliphatic rings. The number of carbonyl (C=O) groups is 1. The van der Waals surface area contributed by atoms with Crippen molar-refractivity contribution in [1.29, 1.82) is 0 Å². The number of amides is 1. The summed E-state index contributed by atoms with van der Waals surface area (Å²) < 4.78 is 5.87. The Labute approximate surface area is 118 Å². The number of hydrogen-bond donors (Lipinski definition) is 1. The first-order valence-electron chi connectivity index (χ1n) is 6.53. The van der Waals surface area contributed by atoms with Crippen molar-refractivity contribution in [3.63, 3.8) is 0 Å². The van der Waals surface area contributed by atoms with Crippen LogP contribution in [0.5, 0.6) is 5.75 Å². The minimum atomic E-state index is -0.422. The smallest absolute Gasteiger partial charge is 0.239 e. The van der Waals surface area contributed by atoms with E-state index in [1.807, 2.05) is 29.2 Å². The van der Waals surface area contributed by atoms with E-state index in [1.54, 1.807) is 6.92 Å². The maximum atomic E-state index is 11.7. The van der Waals surface area contributed by atoms with Gasteiger partial charge in [0.1, 0.15) is 11.9 Å². The Balaban J connectivity index is 1.83. The van der Waals surface area contributed by atoms with E-state index in [1.165, 1.54) is 0 Å². The van der Waals surface area contributed by atoms with E-state index in [9.17, 15) is 4.79 Å². The molecule has 1 saturated heterocycles. The third-order valence-electron chi connectivity index (χ3n) is 3.26. The number of rotatable bonds is 3. The molecule has 0 unspecified atom stereocenters. The topological polar surface area (TPSA) is 55.6 Å². The van der Waals surface area contributed by atoms with Crippen molar-refractivity contribution < 1.29 is 9.53 Å². The predicted octanol–water partition coefficient (Wildman–Crippen LogP) is 2.06. The second kappa shape index (κ2) is 6.26. The number of piperidine rings is 1. The fourth-order valence-corrected chi connectivity index (χ4v) is 2.31. The van der Waals surface area contributed by atoms with Gasteiger partial charge in [-0.05, 0) is 31.2 Å². The van der Waals surface area contributed by atoms with Crippen LogP contribution in [0.1, 0.15) is 19.8 Å². The van der Waals surface area contributed by atoms with Gasteiger partial charge in [0.05, 0.1) is 6.04 Å². The molecule has 1 aliphatic heterocycles. The van der Waals surface area contributed by atoms with Crippen molar-refractivity contribution in [1.82, 2.24) is 4.90 Å². The summed E-state index contributed by atoms with van der Waals surface area (Å²) >= 11 is 5.83. The molecule has 2 rings (SSSR count). The van der Waals surface area contributed by atoms with Gasteiger partial charge in [-0.25, -0.2) is 0 Å². The van der Waals surface area contributed by atoms with Crippen LogP contribution in [-0.2, 0) is 4.79 Å². The van der Waals surface area contributed by atoms with Gasteiger partial charge in [-0.3, -0.25) is 4.79 Å². The third kappa shape index (κ3) is 3.85. The van der Waals surface area contributed by atoms with Gasteiger partial charge in [0.25, 0.3) is 0 Å². The summed E-state index contributed by atoms with van der Waals surface area (Å²) in [5, 5.41) is 0.699. The highest BCUT2D eigenvalue weighted by Crippen LogP contribution is 2.21. The SMILES string of the molecule is C[C@H](N)C(=O)N1CCC(Oc2ccc(Cl)cc2)CC1. The molecule has 0 bridgehead atoms. The molecule has 0 radical (unpaired) electrons. The maximum absolute atomic E-state index is 11.7. The summed E-state index contributed by atoms with van der Waals surface area (Å²) in [5.41, 5.74) is 5.60. The summed E-state index contributed by atoms with van der Waals surface area (Å²) in [6.07, 6.45) is 1.82. The number of halogens is 1. The first kappa shape index (κ1) is 14.2. The average molecular weight is 283 g/mol. The zero-order chi connectivity index (χ0) is 13.8. The van der Waals surface area contributed by atoms with Crippen molar-refractivity contribution in [3.8, 4) is 5.75 Å². The van der Waals surface area contributed by atoms with E-state index in [0.29, 0.717) is 18.1 Å². The molecule has 5 heteroatoms. The molecular weight excluding hydrogens is 264 g/mol. The molecule has 1 fully saturated rings. The molecule has 1 heterocycles. The Hall–Kier alpha value is -1.26. The first-order valence-corrected chi connectivity index (χ1v) is 6.90. The third-order valence-corrected chi connectivity index (χ3v) is 3.51. The van der Waals surface area contributed by atoms with Crippen molar-refractivity contribution >= 4 is 17.5 Å². The van der Waals surface area contributed by atoms with Gasteiger partial charge in [-0.15, -0.1) is 0 Å². The molecule has 1 aromatic carbocycles. The van der Waals surface area contributed by atoms with Crippen molar-refractivity contribution in [2.75, 3.05) is 13.1 Å². The lowest BCUT2D eigenvalue weighted by Crippen LogP contribution is -2.47. The van der Waals surface area contributed by atoms with E-state index < -0.39 is 6.04 Å². The number of hydrogen-bond acceptors (Lipinski definition) is 3. The number of ether oxygens (including phenoxy) is 1. The molecule has 1 atom stereocenters. The van der Waals surface area contributed by atoms with Gasteiger partial charge in [0.15, 0.2) is 0 Å². The second-order valence-corrected chi connectivity index (χ2v) is 5.32. The van der Waals surface area contributed by atoms with Gasteiger partial charge in [0.2, 0.25) is 5.91 Å². The van der Waals surface area contributed by atoms with Gasteiger partial charge in [0, 0.05) is 31.0 Å². The number of carbonyl (C=O) groups excluding carboxylic acids is 1. The Morgan fingerprint density at radius 1 is 1.37 bits per heavy atom. The Kier molecular flexibility index (Phi) is 4.66. The van der Waals surface area contributed by atoms with E-state index >= 15 is 0 Å². The molecule has 0 aromatic heterocycles. The van der Waals surface area contributed by atoms with Gasteiger partial charge in [-0.2, -0.15) is 0 Å². The zero-order valence-corrected chi connectivity index (χ0v) is 11.8. The summed E-state index contributed by atoms with van der Waals surface area (Å²) in [5.74, 6) is 0.839. The highest BCUT2D eigenvalue weighted by atomic mass is 35.5. The van der Waals surface area contributed by atoms with E-state index in [-0.39, 0.29) is 12.0 Å². The number of nitrogens with two attached hydrogens (primary N) is 1. The average Bonchev–Trinajstić information content (AvgIpc) is 2.41. The minimum Gasteiger partial charge on any atom is -0.490 e. The minimum absolute atomic E-state index is 0.0185. The molecule has 1 amide bonds. The van der Waals surface area contributed by atoms with Crippen LogP contribution in [0.4, 0.5) is 0 Å². The fraction of sp³-hybridized carbons (Fsp3) is 0.500. The first-order chi connectivity index (χ1) is 9.06. The lowest BCUT2D eigenvalue weighted by molar-refractivity contribution is -0.133. The molecule has 2 N–H and O–H groups in total. The van der Waals surface area contributed by atoms with E-state index in [0.717, 1.165) is 18.6 Å². The highest BCUT2D eigenvalue weighted by molar-refractivity contribution is 6.30. The molecule has 0 aliphatic carbocycles. The van der Waals surface area contributed by atoms with Crippen molar-refractivity contribution in [2.24, 2.45) is 5.73 Å². The number of likely N-dealkylation sites (tertiary alicyclic amines) is 1. The largest absolute Gasteiger partial charge is 0.490 e. The monoisotopic (exact) mass is 282 g/mol. The summed E-state index contributed by atoms with van der Waals surface area (Å²) in [6, 6.07) is 6.93. The van der Waals surface area contributed by atoms with Crippen LogP contribution >= 0.6 is 11.6 Å². The summed E-state index contributed by atoms with van der Waals surface area (Å²) in [6.45, 7) is 3.13. The Morgan fingerprint density at radius 2 is 1.95 bits per heavy atom. The van der Waals surface area contributed by atoms with Crippen LogP contribution in [0.15, 0.2) is 24.3 Å². The fourth-order valence-electron chi connectivity index (χ4n) is 2.19. The normalized spacial score (nSPS) is 18.2. The molecule has 1 aromatic rings. The van der Waals surface area contributed by atoms with Crippen molar-refractivity contribution in [2.45, 2.75) is 31.9 Å². The van der Waals surface area contributed by atoms with E-state index in [4.69, 9.17) is 22.1 Å². The number of benzene rings is 1. The zero-order valence-electron chi connectivity index (χ0n) is 11.0. The standard InChI is InChI=1S/C14H19ClN2O2/c1-10(16)14(18)17-8-6-13(7-9-17)19-12-4-2-11(15)3-5-12/h2-5,10,13H,6-9,16H2,1H3/t10-/m0/s1. The predicted molar refractivity (Wildman–Crippen MR) is 75.3 cm³/mol. The van der Waals surface area contributed by atoms with Gasteiger partial charge in [-0.1, -0.05) is 11.6 Å². The van der Waals surface area contributed by atoms with Crippen LogP contribution in [0, 0.1) is 0 Å². The quantitative estimate of drug-likeness (QED) is 0.923. The van der Waals surface area contributed by atoms with Crippen LogP contribution in [0.3, 0.4) is 0 Å². The molecule has 0 saturated carbocycles. The maximum Gasteiger partial charge on any atom is 0.239 e. The second-order valence-electron chi connectivity index (χ2n) is 4.89. The molecule has 4 nitrogen and oxygen atoms in total. The summed E-state index contributed by atoms with van der Waals surface area (Å²) in [7, 11) is 0. The van der Waals surface area contributed by atoms with Crippen molar-refractivity contribution in [3.05, 3.63) is 29.3 Å². The Bertz CT molecular complexity index is 426. The molecule has 104 valence electrons. The lowest BCUT2D eigenvalue weighted by atomic mass is 10.1. The lowest BCUT2D eigenvalue weighted by Gasteiger charge is -2.33. The Morgan fingerprint density at radius 3 is 2.47 bits per heavy atom. The summed E-state index contributed by atoms with van der Waals surface area (Å²) in [4.78, 5) is 13.6. The van der Waals surface area contributed by atoms with Crippen LogP contribution in [-0.4, -0.2) is 36.0 Å². The molecule has 0 spiro atoms. The van der Waals surface area contributed by atoms with E-state index in [2.05, 4.69) is 0 Å².